The van der Waals surface area contributed by atoms with E-state index in [1.807, 2.05) is 6.92 Å². The maximum atomic E-state index is 12.0. The number of nitrogens with zero attached hydrogens (tertiary/aromatic N) is 1. The smallest absolute Gasteiger partial charge is 0.325 e. The van der Waals surface area contributed by atoms with E-state index < -0.39 is 11.6 Å². The number of amides is 4. The molecule has 1 saturated heterocycles. The summed E-state index contributed by atoms with van der Waals surface area (Å²) in [5.41, 5.74) is -0.807. The molecule has 1 atom stereocenters. The molecule has 2 rings (SSSR count). The zero-order chi connectivity index (χ0) is 14.8. The van der Waals surface area contributed by atoms with Crippen molar-refractivity contribution in [1.82, 2.24) is 15.5 Å². The van der Waals surface area contributed by atoms with Crippen LogP contribution in [0.1, 0.15) is 32.6 Å². The summed E-state index contributed by atoms with van der Waals surface area (Å²) in [7, 11) is 1.56. The maximum Gasteiger partial charge on any atom is 0.325 e. The number of urea groups is 1. The van der Waals surface area contributed by atoms with E-state index in [1.54, 1.807) is 7.11 Å². The Morgan fingerprint density at radius 2 is 2.10 bits per heavy atom. The summed E-state index contributed by atoms with van der Waals surface area (Å²) in [5.74, 6) is -0.539. The van der Waals surface area contributed by atoms with Gasteiger partial charge in [-0.15, -0.1) is 0 Å². The minimum Gasteiger partial charge on any atom is -0.383 e. The van der Waals surface area contributed by atoms with Gasteiger partial charge in [0.05, 0.1) is 6.61 Å². The van der Waals surface area contributed by atoms with Gasteiger partial charge in [-0.1, -0.05) is 12.8 Å². The molecule has 2 aliphatic rings. The quantitative estimate of drug-likeness (QED) is 0.695. The number of methoxy groups -OCH3 is 1. The van der Waals surface area contributed by atoms with Crippen molar-refractivity contribution in [3.63, 3.8) is 0 Å². The monoisotopic (exact) mass is 283 g/mol. The molecule has 1 heterocycles. The average Bonchev–Trinajstić information content (AvgIpc) is 2.93. The van der Waals surface area contributed by atoms with E-state index in [2.05, 4.69) is 10.6 Å². The van der Waals surface area contributed by atoms with Crippen LogP contribution in [0.5, 0.6) is 0 Å². The third kappa shape index (κ3) is 2.63. The van der Waals surface area contributed by atoms with Crippen molar-refractivity contribution in [2.24, 2.45) is 0 Å². The number of ether oxygens (including phenoxy) is 1. The molecule has 1 unspecified atom stereocenters. The molecule has 7 heteroatoms. The van der Waals surface area contributed by atoms with Crippen molar-refractivity contribution in [2.45, 2.75) is 44.2 Å². The van der Waals surface area contributed by atoms with Gasteiger partial charge < -0.3 is 15.0 Å². The molecule has 20 heavy (non-hydrogen) atoms. The minimum absolute atomic E-state index is 0.0916. The van der Waals surface area contributed by atoms with Crippen LogP contribution in [0.2, 0.25) is 0 Å². The lowest BCUT2D eigenvalue weighted by molar-refractivity contribution is -0.128. The Morgan fingerprint density at radius 1 is 1.45 bits per heavy atom. The number of carbonyl (C=O) groups excluding carboxylic acids is 3. The molecule has 1 aliphatic carbocycles. The Kier molecular flexibility index (Phi) is 4.27. The van der Waals surface area contributed by atoms with Crippen LogP contribution in [0.3, 0.4) is 0 Å². The summed E-state index contributed by atoms with van der Waals surface area (Å²) in [6.07, 6.45) is 3.06. The number of carbonyl (C=O) groups is 3. The Labute approximate surface area is 118 Å². The Morgan fingerprint density at radius 3 is 2.70 bits per heavy atom. The van der Waals surface area contributed by atoms with Crippen LogP contribution in [-0.2, 0) is 14.3 Å². The van der Waals surface area contributed by atoms with Crippen molar-refractivity contribution >= 4 is 17.8 Å². The second-order valence-electron chi connectivity index (χ2n) is 5.51. The third-order valence-corrected chi connectivity index (χ3v) is 3.96. The molecule has 0 aromatic heterocycles. The van der Waals surface area contributed by atoms with Crippen LogP contribution in [0, 0.1) is 0 Å². The minimum atomic E-state index is -0.807. The van der Waals surface area contributed by atoms with E-state index in [1.165, 1.54) is 4.90 Å². The van der Waals surface area contributed by atoms with Crippen molar-refractivity contribution in [2.75, 3.05) is 20.3 Å². The highest BCUT2D eigenvalue weighted by Crippen LogP contribution is 2.38. The molecule has 0 aromatic rings. The van der Waals surface area contributed by atoms with E-state index >= 15 is 0 Å². The van der Waals surface area contributed by atoms with Gasteiger partial charge in [-0.3, -0.25) is 14.9 Å². The van der Waals surface area contributed by atoms with E-state index in [0.29, 0.717) is 19.4 Å². The third-order valence-electron chi connectivity index (χ3n) is 3.96. The molecule has 0 radical (unpaired) electrons. The van der Waals surface area contributed by atoms with Crippen LogP contribution in [-0.4, -0.2) is 54.6 Å². The summed E-state index contributed by atoms with van der Waals surface area (Å²) in [4.78, 5) is 37.2. The lowest BCUT2D eigenvalue weighted by atomic mass is 9.96. The molecule has 7 nitrogen and oxygen atoms in total. The molecular formula is C13H21N3O4. The predicted molar refractivity (Wildman–Crippen MR) is 70.9 cm³/mol. The highest BCUT2D eigenvalue weighted by atomic mass is 16.5. The van der Waals surface area contributed by atoms with Gasteiger partial charge in [0.25, 0.3) is 5.91 Å². The number of rotatable bonds is 5. The van der Waals surface area contributed by atoms with Crippen LogP contribution in [0.4, 0.5) is 4.79 Å². The lowest BCUT2D eigenvalue weighted by Gasteiger charge is -2.31. The van der Waals surface area contributed by atoms with Gasteiger partial charge in [-0.05, 0) is 19.8 Å². The van der Waals surface area contributed by atoms with E-state index in [0.717, 1.165) is 12.8 Å². The van der Waals surface area contributed by atoms with Crippen LogP contribution >= 0.6 is 0 Å². The number of nitrogens with one attached hydrogen (secondary N) is 2. The number of hydrogen-bond donors (Lipinski definition) is 2. The zero-order valence-corrected chi connectivity index (χ0v) is 11.9. The summed E-state index contributed by atoms with van der Waals surface area (Å²) in [5, 5.41) is 5.08. The Balaban J connectivity index is 2.01. The highest BCUT2D eigenvalue weighted by Gasteiger charge is 2.54. The second-order valence-corrected chi connectivity index (χ2v) is 5.51. The second kappa shape index (κ2) is 5.78. The lowest BCUT2D eigenvalue weighted by Crippen LogP contribution is -2.52. The first-order chi connectivity index (χ1) is 9.49. The van der Waals surface area contributed by atoms with Crippen molar-refractivity contribution < 1.29 is 19.1 Å². The topological polar surface area (TPSA) is 87.7 Å². The summed E-state index contributed by atoms with van der Waals surface area (Å²) < 4.78 is 4.94. The normalized spacial score (nSPS) is 22.2. The first-order valence-corrected chi connectivity index (χ1v) is 6.91. The van der Waals surface area contributed by atoms with Crippen molar-refractivity contribution in [1.29, 1.82) is 0 Å². The molecular weight excluding hydrogens is 262 g/mol. The predicted octanol–water partition coefficient (Wildman–Crippen LogP) is 0.00210. The fraction of sp³-hybridized carbons (Fsp3) is 0.769. The average molecular weight is 283 g/mol. The Bertz CT molecular complexity index is 418. The van der Waals surface area contributed by atoms with Gasteiger partial charge >= 0.3 is 6.03 Å². The standard InChI is InChI=1S/C13H21N3O4/c1-9(8-20-2)14-10(17)7-16-12(19)15-11(18)13(16)5-3-4-6-13/h9H,3-8H2,1-2H3,(H,14,17)(H,15,18,19). The molecule has 112 valence electrons. The summed E-state index contributed by atoms with van der Waals surface area (Å²) in [6.45, 7) is 2.13. The van der Waals surface area contributed by atoms with Gasteiger partial charge in [0, 0.05) is 13.2 Å². The summed E-state index contributed by atoms with van der Waals surface area (Å²) in [6, 6.07) is -0.597. The van der Waals surface area contributed by atoms with Gasteiger partial charge in [-0.2, -0.15) is 0 Å². The molecule has 4 amide bonds. The fourth-order valence-electron chi connectivity index (χ4n) is 3.03. The first-order valence-electron chi connectivity index (χ1n) is 6.91. The molecule has 1 saturated carbocycles. The molecule has 2 fully saturated rings. The van der Waals surface area contributed by atoms with E-state index in [-0.39, 0.29) is 24.4 Å². The SMILES string of the molecule is COCC(C)NC(=O)CN1C(=O)NC(=O)C12CCCC2. The van der Waals surface area contributed by atoms with Gasteiger partial charge in [-0.25, -0.2) is 4.79 Å². The van der Waals surface area contributed by atoms with Crippen LogP contribution < -0.4 is 10.6 Å². The van der Waals surface area contributed by atoms with Gasteiger partial charge in [0.2, 0.25) is 5.91 Å². The van der Waals surface area contributed by atoms with E-state index in [4.69, 9.17) is 4.74 Å². The molecule has 0 bridgehead atoms. The van der Waals surface area contributed by atoms with Crippen LogP contribution in [0.25, 0.3) is 0 Å². The molecule has 1 spiro atoms. The van der Waals surface area contributed by atoms with Crippen molar-refractivity contribution in [3.05, 3.63) is 0 Å². The summed E-state index contributed by atoms with van der Waals surface area (Å²) >= 11 is 0. The van der Waals surface area contributed by atoms with Gasteiger partial charge in [0.15, 0.2) is 0 Å². The zero-order valence-electron chi connectivity index (χ0n) is 11.9. The largest absolute Gasteiger partial charge is 0.383 e. The Hall–Kier alpha value is -1.63. The number of hydrogen-bond acceptors (Lipinski definition) is 4. The van der Waals surface area contributed by atoms with Gasteiger partial charge in [0.1, 0.15) is 12.1 Å². The maximum absolute atomic E-state index is 12.0. The molecule has 0 aromatic carbocycles. The molecule has 1 aliphatic heterocycles. The van der Waals surface area contributed by atoms with Crippen molar-refractivity contribution in [3.8, 4) is 0 Å². The fourth-order valence-corrected chi connectivity index (χ4v) is 3.03. The van der Waals surface area contributed by atoms with E-state index in [9.17, 15) is 14.4 Å². The first kappa shape index (κ1) is 14.8. The number of imide groups is 1. The highest BCUT2D eigenvalue weighted by molar-refractivity contribution is 6.08. The molecule has 2 N–H and O–H groups in total. The van der Waals surface area contributed by atoms with Crippen LogP contribution in [0.15, 0.2) is 0 Å².